The molecule has 0 bridgehead atoms. The molecule has 1 rings (SSSR count). The summed E-state index contributed by atoms with van der Waals surface area (Å²) in [5.41, 5.74) is 0. The summed E-state index contributed by atoms with van der Waals surface area (Å²) < 4.78 is 0. The molecule has 0 fully saturated rings. The van der Waals surface area contributed by atoms with Gasteiger partial charge < -0.3 is 10.4 Å². The number of amides is 1. The van der Waals surface area contributed by atoms with E-state index in [0.717, 1.165) is 4.88 Å². The van der Waals surface area contributed by atoms with Gasteiger partial charge in [-0.25, -0.2) is 0 Å². The fourth-order valence-corrected chi connectivity index (χ4v) is 2.54. The van der Waals surface area contributed by atoms with Gasteiger partial charge in [0.1, 0.15) is 6.04 Å². The van der Waals surface area contributed by atoms with Gasteiger partial charge in [0.15, 0.2) is 0 Å². The molecule has 0 radical (unpaired) electrons. The molecule has 19 heavy (non-hydrogen) atoms. The van der Waals surface area contributed by atoms with Crippen LogP contribution in [0.2, 0.25) is 0 Å². The lowest BCUT2D eigenvalue weighted by Crippen LogP contribution is -2.43. The molecule has 3 N–H and O–H groups in total. The highest BCUT2D eigenvalue weighted by molar-refractivity contribution is 7.10. The van der Waals surface area contributed by atoms with Crippen LogP contribution in [0.3, 0.4) is 0 Å². The van der Waals surface area contributed by atoms with Gasteiger partial charge in [0.2, 0.25) is 5.91 Å². The van der Waals surface area contributed by atoms with Gasteiger partial charge in [-0.2, -0.15) is 0 Å². The van der Waals surface area contributed by atoms with E-state index in [1.165, 1.54) is 6.92 Å². The maximum atomic E-state index is 11.8. The van der Waals surface area contributed by atoms with Crippen molar-refractivity contribution in [3.05, 3.63) is 22.4 Å². The Balaban J connectivity index is 2.51. The Kier molecular flexibility index (Phi) is 5.98. The molecule has 0 spiro atoms. The summed E-state index contributed by atoms with van der Waals surface area (Å²) in [6, 6.07) is 3.18. The summed E-state index contributed by atoms with van der Waals surface area (Å²) in [6.07, 6.45) is 0. The van der Waals surface area contributed by atoms with Gasteiger partial charge in [0, 0.05) is 4.88 Å². The smallest absolute Gasteiger partial charge is 0.320 e. The molecule has 106 valence electrons. The Morgan fingerprint density at radius 2 is 2.05 bits per heavy atom. The molecule has 1 unspecified atom stereocenters. The van der Waals surface area contributed by atoms with Crippen molar-refractivity contribution in [3.63, 3.8) is 0 Å². The van der Waals surface area contributed by atoms with Crippen LogP contribution in [0, 0.1) is 5.92 Å². The summed E-state index contributed by atoms with van der Waals surface area (Å²) in [5, 5.41) is 16.3. The van der Waals surface area contributed by atoms with Crippen LogP contribution in [0.25, 0.3) is 0 Å². The fourth-order valence-electron chi connectivity index (χ4n) is 1.59. The number of carboxylic acid groups (broad SMARTS) is 1. The first kappa shape index (κ1) is 15.7. The van der Waals surface area contributed by atoms with Crippen molar-refractivity contribution < 1.29 is 14.7 Å². The number of hydrogen-bond acceptors (Lipinski definition) is 4. The summed E-state index contributed by atoms with van der Waals surface area (Å²) in [6.45, 7) is 5.59. The third kappa shape index (κ3) is 5.00. The van der Waals surface area contributed by atoms with E-state index in [4.69, 9.17) is 5.11 Å². The number of carbonyl (C=O) groups excluding carboxylic acids is 1. The minimum absolute atomic E-state index is 0.00205. The number of nitrogens with one attached hydrogen (secondary N) is 2. The van der Waals surface area contributed by atoms with Gasteiger partial charge in [-0.1, -0.05) is 19.9 Å². The number of carboxylic acids is 1. The zero-order valence-corrected chi connectivity index (χ0v) is 12.2. The number of rotatable bonds is 7. The highest BCUT2D eigenvalue weighted by atomic mass is 32.1. The van der Waals surface area contributed by atoms with E-state index in [-0.39, 0.29) is 24.4 Å². The van der Waals surface area contributed by atoms with Crippen LogP contribution >= 0.6 is 11.3 Å². The first-order chi connectivity index (χ1) is 8.91. The van der Waals surface area contributed by atoms with Crippen molar-refractivity contribution in [2.45, 2.75) is 32.9 Å². The molecule has 0 saturated carbocycles. The number of aliphatic carboxylic acids is 1. The van der Waals surface area contributed by atoms with Crippen LogP contribution in [-0.2, 0) is 9.59 Å². The first-order valence-electron chi connectivity index (χ1n) is 6.20. The van der Waals surface area contributed by atoms with E-state index in [2.05, 4.69) is 10.6 Å². The molecule has 0 aliphatic carbocycles. The van der Waals surface area contributed by atoms with Crippen molar-refractivity contribution in [2.75, 3.05) is 6.54 Å². The Hall–Kier alpha value is -1.40. The fraction of sp³-hybridized carbons (Fsp3) is 0.538. The highest BCUT2D eigenvalue weighted by Crippen LogP contribution is 2.25. The largest absolute Gasteiger partial charge is 0.480 e. The molecule has 0 aliphatic heterocycles. The van der Waals surface area contributed by atoms with Crippen LogP contribution in [0.15, 0.2) is 17.5 Å². The predicted molar refractivity (Wildman–Crippen MR) is 75.1 cm³/mol. The van der Waals surface area contributed by atoms with Gasteiger partial charge in [-0.15, -0.1) is 11.3 Å². The van der Waals surface area contributed by atoms with Crippen molar-refractivity contribution in [3.8, 4) is 0 Å². The van der Waals surface area contributed by atoms with E-state index in [0.29, 0.717) is 0 Å². The standard InChI is InChI=1S/C13H20N2O3S/c1-8(2)12(10-5-4-6-19-10)15-11(16)7-14-9(3)13(17)18/h4-6,8-9,12,14H,7H2,1-3H3,(H,15,16)(H,17,18)/t9-,12?/m0/s1. The molecule has 1 aromatic heterocycles. The lowest BCUT2D eigenvalue weighted by atomic mass is 10.0. The minimum atomic E-state index is -0.966. The molecule has 2 atom stereocenters. The van der Waals surface area contributed by atoms with E-state index in [1.54, 1.807) is 11.3 Å². The first-order valence-corrected chi connectivity index (χ1v) is 7.08. The molecule has 0 aromatic carbocycles. The van der Waals surface area contributed by atoms with Crippen molar-refractivity contribution in [1.82, 2.24) is 10.6 Å². The van der Waals surface area contributed by atoms with Gasteiger partial charge >= 0.3 is 5.97 Å². The van der Waals surface area contributed by atoms with Gasteiger partial charge in [-0.3, -0.25) is 14.9 Å². The second-order valence-electron chi connectivity index (χ2n) is 4.75. The second kappa shape index (κ2) is 7.25. The van der Waals surface area contributed by atoms with Crippen LogP contribution in [0.5, 0.6) is 0 Å². The average molecular weight is 284 g/mol. The molecule has 1 aromatic rings. The summed E-state index contributed by atoms with van der Waals surface area (Å²) >= 11 is 1.60. The Morgan fingerprint density at radius 1 is 1.37 bits per heavy atom. The van der Waals surface area contributed by atoms with Crippen molar-refractivity contribution >= 4 is 23.2 Å². The van der Waals surface area contributed by atoms with Crippen LogP contribution < -0.4 is 10.6 Å². The molecule has 6 heteroatoms. The Bertz CT molecular complexity index is 418. The van der Waals surface area contributed by atoms with E-state index >= 15 is 0 Å². The number of thiophene rings is 1. The molecular weight excluding hydrogens is 264 g/mol. The molecular formula is C13H20N2O3S. The van der Waals surface area contributed by atoms with Crippen LogP contribution in [-0.4, -0.2) is 29.6 Å². The average Bonchev–Trinajstić information content (AvgIpc) is 2.85. The monoisotopic (exact) mass is 284 g/mol. The van der Waals surface area contributed by atoms with E-state index in [1.807, 2.05) is 31.4 Å². The summed E-state index contributed by atoms with van der Waals surface area (Å²) in [5.74, 6) is -0.883. The van der Waals surface area contributed by atoms with Gasteiger partial charge in [0.25, 0.3) is 0 Å². The third-order valence-corrected chi connectivity index (χ3v) is 3.73. The predicted octanol–water partition coefficient (Wildman–Crippen LogP) is 1.62. The summed E-state index contributed by atoms with van der Waals surface area (Å²) in [7, 11) is 0. The second-order valence-corrected chi connectivity index (χ2v) is 5.72. The Morgan fingerprint density at radius 3 is 2.53 bits per heavy atom. The number of carbonyl (C=O) groups is 2. The highest BCUT2D eigenvalue weighted by Gasteiger charge is 2.20. The topological polar surface area (TPSA) is 78.4 Å². The van der Waals surface area contributed by atoms with Crippen molar-refractivity contribution in [1.29, 1.82) is 0 Å². The molecule has 1 heterocycles. The maximum absolute atomic E-state index is 11.8. The lowest BCUT2D eigenvalue weighted by Gasteiger charge is -2.21. The zero-order valence-electron chi connectivity index (χ0n) is 11.3. The van der Waals surface area contributed by atoms with Gasteiger partial charge in [-0.05, 0) is 24.3 Å². The maximum Gasteiger partial charge on any atom is 0.320 e. The molecule has 5 nitrogen and oxygen atoms in total. The molecule has 1 amide bonds. The summed E-state index contributed by atoms with van der Waals surface area (Å²) in [4.78, 5) is 23.6. The van der Waals surface area contributed by atoms with Gasteiger partial charge in [0.05, 0.1) is 12.6 Å². The zero-order chi connectivity index (χ0) is 14.4. The quantitative estimate of drug-likeness (QED) is 0.711. The SMILES string of the molecule is CC(C)C(NC(=O)CN[C@@H](C)C(=O)O)c1cccs1. The van der Waals surface area contributed by atoms with E-state index in [9.17, 15) is 9.59 Å². The molecule has 0 saturated heterocycles. The molecule has 0 aliphatic rings. The normalized spacial score (nSPS) is 14.1. The van der Waals surface area contributed by atoms with Crippen molar-refractivity contribution in [2.24, 2.45) is 5.92 Å². The van der Waals surface area contributed by atoms with E-state index < -0.39 is 12.0 Å². The van der Waals surface area contributed by atoms with Crippen LogP contribution in [0.1, 0.15) is 31.7 Å². The van der Waals surface area contributed by atoms with Crippen LogP contribution in [0.4, 0.5) is 0 Å². The minimum Gasteiger partial charge on any atom is -0.480 e. The number of hydrogen-bond donors (Lipinski definition) is 3. The third-order valence-electron chi connectivity index (χ3n) is 2.77. The lowest BCUT2D eigenvalue weighted by molar-refractivity contribution is -0.139. The Labute approximate surface area is 117 Å².